The number of rotatable bonds is 6. The van der Waals surface area contributed by atoms with E-state index in [9.17, 15) is 0 Å². The molecule has 1 N–H and O–H groups in total. The van der Waals surface area contributed by atoms with Crippen molar-refractivity contribution in [3.63, 3.8) is 0 Å². The van der Waals surface area contributed by atoms with Crippen molar-refractivity contribution >= 4 is 17.3 Å². The van der Waals surface area contributed by atoms with Gasteiger partial charge in [0.2, 0.25) is 0 Å². The number of hydrogen-bond acceptors (Lipinski definition) is 4. The van der Waals surface area contributed by atoms with Crippen LogP contribution in [-0.4, -0.2) is 44.8 Å². The summed E-state index contributed by atoms with van der Waals surface area (Å²) in [5, 5.41) is 4.16. The zero-order chi connectivity index (χ0) is 18.6. The molecule has 1 aliphatic rings. The Hall–Kier alpha value is -2.77. The molecule has 0 radical (unpaired) electrons. The maximum Gasteiger partial charge on any atom is 0.170 e. The Labute approximate surface area is 163 Å². The maximum atomic E-state index is 5.65. The largest absolute Gasteiger partial charge is 0.383 e. The number of pyridine rings is 2. The first-order valence-corrected chi connectivity index (χ1v) is 9.26. The molecule has 4 rings (SSSR count). The van der Waals surface area contributed by atoms with Crippen molar-refractivity contribution in [2.75, 3.05) is 20.3 Å². The van der Waals surface area contributed by atoms with E-state index in [2.05, 4.69) is 30.8 Å². The molecule has 6 nitrogen and oxygen atoms in total. The van der Waals surface area contributed by atoms with Crippen LogP contribution in [0.1, 0.15) is 23.5 Å². The molecule has 3 aromatic heterocycles. The zero-order valence-electron chi connectivity index (χ0n) is 15.0. The average molecular weight is 379 g/mol. The summed E-state index contributed by atoms with van der Waals surface area (Å²) < 4.78 is 7.42. The highest BCUT2D eigenvalue weighted by Gasteiger charge is 2.41. The summed E-state index contributed by atoms with van der Waals surface area (Å²) in [6.07, 6.45) is 5.64. The van der Waals surface area contributed by atoms with Gasteiger partial charge in [0.15, 0.2) is 5.11 Å². The Kier molecular flexibility index (Phi) is 5.13. The minimum Gasteiger partial charge on any atom is -0.383 e. The predicted octanol–water partition coefficient (Wildman–Crippen LogP) is 2.89. The Morgan fingerprint density at radius 3 is 2.59 bits per heavy atom. The number of nitrogens with zero attached hydrogens (tertiary/aromatic N) is 4. The summed E-state index contributed by atoms with van der Waals surface area (Å²) in [7, 11) is 1.70. The Bertz CT molecular complexity index is 899. The van der Waals surface area contributed by atoms with Crippen molar-refractivity contribution in [2.24, 2.45) is 0 Å². The van der Waals surface area contributed by atoms with Crippen LogP contribution >= 0.6 is 12.2 Å². The molecule has 0 saturated carbocycles. The second kappa shape index (κ2) is 7.85. The molecule has 0 amide bonds. The lowest BCUT2D eigenvalue weighted by molar-refractivity contribution is 0.163. The van der Waals surface area contributed by atoms with Crippen LogP contribution in [0.2, 0.25) is 0 Å². The molecular weight excluding hydrogens is 358 g/mol. The molecule has 27 heavy (non-hydrogen) atoms. The lowest BCUT2D eigenvalue weighted by Gasteiger charge is -2.28. The van der Waals surface area contributed by atoms with Crippen LogP contribution in [0.3, 0.4) is 0 Å². The third-order valence-electron chi connectivity index (χ3n) is 4.71. The van der Waals surface area contributed by atoms with Crippen LogP contribution in [0.15, 0.2) is 67.1 Å². The molecule has 1 fully saturated rings. The first kappa shape index (κ1) is 17.6. The number of ether oxygens (including phenoxy) is 1. The minimum atomic E-state index is -0.0482. The first-order valence-electron chi connectivity index (χ1n) is 8.85. The quantitative estimate of drug-likeness (QED) is 0.665. The van der Waals surface area contributed by atoms with Gasteiger partial charge in [0.25, 0.3) is 0 Å². The highest BCUT2D eigenvalue weighted by Crippen LogP contribution is 2.39. The van der Waals surface area contributed by atoms with Crippen LogP contribution in [0, 0.1) is 0 Å². The van der Waals surface area contributed by atoms with Crippen molar-refractivity contribution < 1.29 is 4.74 Å². The molecule has 0 spiro atoms. The monoisotopic (exact) mass is 379 g/mol. The molecule has 1 aliphatic heterocycles. The Morgan fingerprint density at radius 1 is 1.07 bits per heavy atom. The smallest absolute Gasteiger partial charge is 0.170 e. The van der Waals surface area contributed by atoms with E-state index in [0.29, 0.717) is 18.3 Å². The lowest BCUT2D eigenvalue weighted by atomic mass is 10.0. The summed E-state index contributed by atoms with van der Waals surface area (Å²) >= 11 is 5.65. The fraction of sp³-hybridized carbons (Fsp3) is 0.250. The van der Waals surface area contributed by atoms with E-state index in [-0.39, 0.29) is 12.1 Å². The molecule has 0 aromatic carbocycles. The van der Waals surface area contributed by atoms with Crippen LogP contribution in [0.5, 0.6) is 0 Å². The summed E-state index contributed by atoms with van der Waals surface area (Å²) in [6.45, 7) is 1.29. The van der Waals surface area contributed by atoms with E-state index in [1.54, 1.807) is 13.3 Å². The topological polar surface area (TPSA) is 55.2 Å². The summed E-state index contributed by atoms with van der Waals surface area (Å²) in [4.78, 5) is 11.2. The zero-order valence-corrected chi connectivity index (χ0v) is 15.8. The van der Waals surface area contributed by atoms with Gasteiger partial charge in [0.05, 0.1) is 24.4 Å². The first-order chi connectivity index (χ1) is 13.3. The molecule has 3 aromatic rings. The van der Waals surface area contributed by atoms with Crippen molar-refractivity contribution in [2.45, 2.75) is 12.1 Å². The molecule has 2 atom stereocenters. The summed E-state index contributed by atoms with van der Waals surface area (Å²) in [5.74, 6) is 0.877. The van der Waals surface area contributed by atoms with E-state index < -0.39 is 0 Å². The number of nitrogens with one attached hydrogen (secondary N) is 1. The van der Waals surface area contributed by atoms with E-state index in [1.807, 2.05) is 54.9 Å². The van der Waals surface area contributed by atoms with Gasteiger partial charge in [-0.25, -0.2) is 4.98 Å². The highest BCUT2D eigenvalue weighted by molar-refractivity contribution is 7.80. The van der Waals surface area contributed by atoms with Crippen LogP contribution in [-0.2, 0) is 4.74 Å². The van der Waals surface area contributed by atoms with Crippen LogP contribution in [0.25, 0.3) is 5.82 Å². The van der Waals surface area contributed by atoms with Gasteiger partial charge in [0, 0.05) is 37.9 Å². The van der Waals surface area contributed by atoms with Gasteiger partial charge in [0.1, 0.15) is 5.82 Å². The third kappa shape index (κ3) is 3.43. The van der Waals surface area contributed by atoms with Gasteiger partial charge < -0.3 is 19.5 Å². The minimum absolute atomic E-state index is 0.0143. The number of thiocarbonyl (C=S) groups is 1. The fourth-order valence-corrected chi connectivity index (χ4v) is 3.83. The second-order valence-corrected chi connectivity index (χ2v) is 6.69. The molecule has 138 valence electrons. The van der Waals surface area contributed by atoms with Crippen molar-refractivity contribution in [1.82, 2.24) is 24.8 Å². The maximum absolute atomic E-state index is 5.65. The average Bonchev–Trinajstić information content (AvgIpc) is 3.32. The molecule has 0 unspecified atom stereocenters. The molecular formula is C20H21N5OS. The second-order valence-electron chi connectivity index (χ2n) is 6.30. The van der Waals surface area contributed by atoms with Gasteiger partial charge >= 0.3 is 0 Å². The van der Waals surface area contributed by atoms with Crippen molar-refractivity contribution in [3.8, 4) is 5.82 Å². The van der Waals surface area contributed by atoms with E-state index in [1.165, 1.54) is 0 Å². The SMILES string of the molecule is COCCN1C(=S)N[C@@H](c2ccccn2)[C@@H]1c1cccn1-c1ccccn1. The highest BCUT2D eigenvalue weighted by atomic mass is 32.1. The summed E-state index contributed by atoms with van der Waals surface area (Å²) in [6, 6.07) is 15.9. The van der Waals surface area contributed by atoms with E-state index in [0.717, 1.165) is 17.2 Å². The molecule has 0 bridgehead atoms. The van der Waals surface area contributed by atoms with Gasteiger partial charge in [-0.1, -0.05) is 12.1 Å². The standard InChI is InChI=1S/C20H21N5OS/c1-26-14-13-25-19(18(23-20(25)27)15-7-2-4-10-21-15)16-8-6-12-24(16)17-9-3-5-11-22-17/h2-12,18-19H,13-14H2,1H3,(H,23,27)/t18-,19-/m0/s1. The van der Waals surface area contributed by atoms with Gasteiger partial charge in [-0.2, -0.15) is 0 Å². The number of methoxy groups -OCH3 is 1. The molecule has 4 heterocycles. The van der Waals surface area contributed by atoms with Crippen LogP contribution in [0.4, 0.5) is 0 Å². The van der Waals surface area contributed by atoms with Crippen molar-refractivity contribution in [3.05, 3.63) is 78.5 Å². The van der Waals surface area contributed by atoms with E-state index in [4.69, 9.17) is 17.0 Å². The lowest BCUT2D eigenvalue weighted by Crippen LogP contribution is -2.33. The number of hydrogen-bond donors (Lipinski definition) is 1. The van der Waals surface area contributed by atoms with Crippen LogP contribution < -0.4 is 5.32 Å². The van der Waals surface area contributed by atoms with Gasteiger partial charge in [-0.15, -0.1) is 0 Å². The van der Waals surface area contributed by atoms with Gasteiger partial charge in [-0.3, -0.25) is 4.98 Å². The fourth-order valence-electron chi connectivity index (χ4n) is 3.50. The van der Waals surface area contributed by atoms with Crippen molar-refractivity contribution in [1.29, 1.82) is 0 Å². The summed E-state index contributed by atoms with van der Waals surface area (Å²) in [5.41, 5.74) is 2.06. The Balaban J connectivity index is 1.78. The third-order valence-corrected chi connectivity index (χ3v) is 5.07. The Morgan fingerprint density at radius 2 is 1.89 bits per heavy atom. The molecule has 1 saturated heterocycles. The molecule has 0 aliphatic carbocycles. The van der Waals surface area contributed by atoms with E-state index >= 15 is 0 Å². The molecule has 7 heteroatoms. The number of aromatic nitrogens is 3. The van der Waals surface area contributed by atoms with Gasteiger partial charge in [-0.05, 0) is 48.6 Å². The predicted molar refractivity (Wildman–Crippen MR) is 108 cm³/mol. The normalized spacial score (nSPS) is 19.3.